The van der Waals surface area contributed by atoms with Gasteiger partial charge in [0.2, 0.25) is 0 Å². The molecular weight excluding hydrogens is 336 g/mol. The van der Waals surface area contributed by atoms with Crippen molar-refractivity contribution in [2.75, 3.05) is 13.1 Å². The Morgan fingerprint density at radius 1 is 1.37 bits per heavy atom. The number of allylic oxidation sites excluding steroid dienone is 1. The van der Waals surface area contributed by atoms with Gasteiger partial charge in [-0.15, -0.1) is 0 Å². The van der Waals surface area contributed by atoms with Crippen LogP contribution in [0.5, 0.6) is 5.75 Å². The van der Waals surface area contributed by atoms with E-state index in [1.165, 1.54) is 0 Å². The fourth-order valence-corrected chi connectivity index (χ4v) is 3.45. The average molecular weight is 367 g/mol. The van der Waals surface area contributed by atoms with Gasteiger partial charge in [-0.3, -0.25) is 9.89 Å². The molecule has 0 aliphatic carbocycles. The Hall–Kier alpha value is -2.58. The van der Waals surface area contributed by atoms with Crippen LogP contribution in [0.1, 0.15) is 45.6 Å². The van der Waals surface area contributed by atoms with E-state index in [1.54, 1.807) is 12.3 Å². The molecule has 0 bridgehead atoms. The molecule has 27 heavy (non-hydrogen) atoms. The lowest BCUT2D eigenvalue weighted by Crippen LogP contribution is -2.41. The van der Waals surface area contributed by atoms with Crippen molar-refractivity contribution >= 4 is 12.9 Å². The summed E-state index contributed by atoms with van der Waals surface area (Å²) in [5, 5.41) is 13.3. The summed E-state index contributed by atoms with van der Waals surface area (Å²) in [5.74, 6) is 7.53. The van der Waals surface area contributed by atoms with Gasteiger partial charge in [-0.1, -0.05) is 37.8 Å². The van der Waals surface area contributed by atoms with Gasteiger partial charge in [0, 0.05) is 18.8 Å². The SMILES string of the molecule is C=N/C(CC)=C(\N=C/C)NCC1CCC(C#Cc2ccccc2O)N1CC. The lowest BCUT2D eigenvalue weighted by atomic mass is 10.1. The Morgan fingerprint density at radius 2 is 2.15 bits per heavy atom. The van der Waals surface area contributed by atoms with Crippen molar-refractivity contribution in [1.82, 2.24) is 10.2 Å². The predicted octanol–water partition coefficient (Wildman–Crippen LogP) is 3.56. The highest BCUT2D eigenvalue weighted by Crippen LogP contribution is 2.24. The van der Waals surface area contributed by atoms with Gasteiger partial charge < -0.3 is 10.4 Å². The smallest absolute Gasteiger partial charge is 0.147 e. The normalized spacial score (nSPS) is 20.9. The van der Waals surface area contributed by atoms with Gasteiger partial charge in [-0.25, -0.2) is 4.99 Å². The number of rotatable bonds is 7. The van der Waals surface area contributed by atoms with Gasteiger partial charge in [-0.2, -0.15) is 0 Å². The number of phenolic OH excluding ortho intramolecular Hbond substituents is 1. The van der Waals surface area contributed by atoms with Gasteiger partial charge >= 0.3 is 0 Å². The fraction of sp³-hybridized carbons (Fsp3) is 0.455. The number of likely N-dealkylation sites (tertiary alicyclic amines) is 1. The summed E-state index contributed by atoms with van der Waals surface area (Å²) in [4.78, 5) is 10.9. The molecule has 5 nitrogen and oxygen atoms in total. The number of hydrogen-bond donors (Lipinski definition) is 2. The number of hydrogen-bond acceptors (Lipinski definition) is 5. The summed E-state index contributed by atoms with van der Waals surface area (Å²) >= 11 is 0. The van der Waals surface area contributed by atoms with Crippen LogP contribution in [0.25, 0.3) is 0 Å². The van der Waals surface area contributed by atoms with Crippen molar-refractivity contribution in [3.05, 3.63) is 41.3 Å². The van der Waals surface area contributed by atoms with Crippen molar-refractivity contribution in [3.63, 3.8) is 0 Å². The fourth-order valence-electron chi connectivity index (χ4n) is 3.45. The molecule has 0 saturated carbocycles. The van der Waals surface area contributed by atoms with Gasteiger partial charge in [-0.05, 0) is 51.6 Å². The monoisotopic (exact) mass is 366 g/mol. The highest BCUT2D eigenvalue weighted by molar-refractivity contribution is 5.55. The van der Waals surface area contributed by atoms with Crippen molar-refractivity contribution in [3.8, 4) is 17.6 Å². The largest absolute Gasteiger partial charge is 0.507 e. The number of phenols is 1. The van der Waals surface area contributed by atoms with Crippen LogP contribution >= 0.6 is 0 Å². The van der Waals surface area contributed by atoms with E-state index in [0.29, 0.717) is 11.6 Å². The number of aromatic hydroxyl groups is 1. The number of likely N-dealkylation sites (N-methyl/N-ethyl adjacent to an activating group) is 1. The first-order chi connectivity index (χ1) is 13.1. The first-order valence-corrected chi connectivity index (χ1v) is 9.62. The molecular formula is C22H30N4O. The van der Waals surface area contributed by atoms with Crippen molar-refractivity contribution < 1.29 is 5.11 Å². The van der Waals surface area contributed by atoms with Crippen LogP contribution < -0.4 is 5.32 Å². The molecule has 1 heterocycles. The molecule has 2 unspecified atom stereocenters. The molecule has 144 valence electrons. The van der Waals surface area contributed by atoms with Gasteiger partial charge in [0.25, 0.3) is 0 Å². The molecule has 1 saturated heterocycles. The molecule has 1 aliphatic rings. The highest BCUT2D eigenvalue weighted by Gasteiger charge is 2.31. The summed E-state index contributed by atoms with van der Waals surface area (Å²) in [6, 6.07) is 7.81. The molecule has 0 amide bonds. The van der Waals surface area contributed by atoms with Crippen molar-refractivity contribution in [1.29, 1.82) is 0 Å². The Balaban J connectivity index is 2.07. The Labute approximate surface area is 162 Å². The highest BCUT2D eigenvalue weighted by atomic mass is 16.3. The zero-order valence-corrected chi connectivity index (χ0v) is 16.6. The molecule has 0 spiro atoms. The third kappa shape index (κ3) is 5.45. The maximum absolute atomic E-state index is 9.90. The third-order valence-corrected chi connectivity index (χ3v) is 4.85. The lowest BCUT2D eigenvalue weighted by molar-refractivity contribution is 0.233. The van der Waals surface area contributed by atoms with E-state index in [2.05, 4.69) is 52.6 Å². The zero-order chi connectivity index (χ0) is 19.6. The van der Waals surface area contributed by atoms with E-state index in [4.69, 9.17) is 0 Å². The van der Waals surface area contributed by atoms with Crippen LogP contribution in [0.2, 0.25) is 0 Å². The third-order valence-electron chi connectivity index (χ3n) is 4.85. The second kappa shape index (κ2) is 10.5. The van der Waals surface area contributed by atoms with Gasteiger partial charge in [0.05, 0.1) is 17.3 Å². The molecule has 1 aromatic rings. The van der Waals surface area contributed by atoms with E-state index in [9.17, 15) is 5.11 Å². The van der Waals surface area contributed by atoms with E-state index < -0.39 is 0 Å². The molecule has 5 heteroatoms. The first-order valence-electron chi connectivity index (χ1n) is 9.62. The lowest BCUT2D eigenvalue weighted by Gasteiger charge is -2.27. The van der Waals surface area contributed by atoms with Crippen LogP contribution in [-0.4, -0.2) is 48.1 Å². The van der Waals surface area contributed by atoms with Crippen LogP contribution in [0.4, 0.5) is 0 Å². The molecule has 0 aromatic heterocycles. The Kier molecular flexibility index (Phi) is 8.09. The van der Waals surface area contributed by atoms with E-state index in [0.717, 1.165) is 43.9 Å². The first kappa shape index (κ1) is 20.7. The summed E-state index contributed by atoms with van der Waals surface area (Å²) in [5.41, 5.74) is 1.56. The molecule has 1 aromatic carbocycles. The predicted molar refractivity (Wildman–Crippen MR) is 113 cm³/mol. The Morgan fingerprint density at radius 3 is 2.78 bits per heavy atom. The summed E-state index contributed by atoms with van der Waals surface area (Å²) in [7, 11) is 0. The summed E-state index contributed by atoms with van der Waals surface area (Å²) in [6.07, 6.45) is 4.67. The molecule has 1 aliphatic heterocycles. The summed E-state index contributed by atoms with van der Waals surface area (Å²) < 4.78 is 0. The zero-order valence-electron chi connectivity index (χ0n) is 16.6. The number of benzene rings is 1. The maximum atomic E-state index is 9.90. The molecule has 1 fully saturated rings. The standard InChI is InChI=1S/C22H30N4O/c1-5-20(23-4)22(24-6-2)25-16-19-15-14-18(26(19)7-3)13-12-17-10-8-9-11-21(17)27/h6,8-11,18-19,25,27H,4-5,7,14-16H2,1-3H3/b22-20+,24-6-. The average Bonchev–Trinajstić information content (AvgIpc) is 3.08. The molecule has 2 N–H and O–H groups in total. The van der Waals surface area contributed by atoms with Gasteiger partial charge in [0.15, 0.2) is 0 Å². The van der Waals surface area contributed by atoms with Crippen LogP contribution in [0.3, 0.4) is 0 Å². The van der Waals surface area contributed by atoms with Crippen LogP contribution in [0, 0.1) is 11.8 Å². The maximum Gasteiger partial charge on any atom is 0.147 e. The minimum atomic E-state index is 0.201. The molecule has 0 radical (unpaired) electrons. The van der Waals surface area contributed by atoms with E-state index in [-0.39, 0.29) is 11.8 Å². The summed E-state index contributed by atoms with van der Waals surface area (Å²) in [6.45, 7) is 11.5. The number of nitrogens with one attached hydrogen (secondary N) is 1. The second-order valence-electron chi connectivity index (χ2n) is 6.44. The van der Waals surface area contributed by atoms with Crippen LogP contribution in [0.15, 0.2) is 45.8 Å². The number of para-hydroxylation sites is 1. The van der Waals surface area contributed by atoms with Crippen LogP contribution in [-0.2, 0) is 0 Å². The molecule has 2 atom stereocenters. The number of aliphatic imine (C=N–C) groups is 2. The van der Waals surface area contributed by atoms with Gasteiger partial charge in [0.1, 0.15) is 11.6 Å². The number of nitrogens with zero attached hydrogens (tertiary/aromatic N) is 3. The minimum Gasteiger partial charge on any atom is -0.507 e. The topological polar surface area (TPSA) is 60.2 Å². The molecule has 2 rings (SSSR count). The van der Waals surface area contributed by atoms with E-state index >= 15 is 0 Å². The van der Waals surface area contributed by atoms with Crippen molar-refractivity contribution in [2.45, 2.75) is 52.1 Å². The van der Waals surface area contributed by atoms with Crippen molar-refractivity contribution in [2.24, 2.45) is 9.98 Å². The van der Waals surface area contributed by atoms with E-state index in [1.807, 2.05) is 25.1 Å². The minimum absolute atomic E-state index is 0.201. The quantitative estimate of drug-likeness (QED) is 0.573. The Bertz CT molecular complexity index is 757. The second-order valence-corrected chi connectivity index (χ2v) is 6.44.